The Morgan fingerprint density at radius 2 is 1.67 bits per heavy atom. The third kappa shape index (κ3) is 3.83. The molecule has 0 radical (unpaired) electrons. The van der Waals surface area contributed by atoms with Crippen LogP contribution in [0.15, 0.2) is 24.3 Å². The van der Waals surface area contributed by atoms with E-state index in [-0.39, 0.29) is 11.4 Å². The molecule has 1 aromatic rings. The molecule has 0 aliphatic heterocycles. The smallest absolute Gasteiger partial charge is 0.123 e. The predicted octanol–water partition coefficient (Wildman–Crippen LogP) is 3.61. The fourth-order valence-electron chi connectivity index (χ4n) is 3.87. The molecule has 2 nitrogen and oxygen atoms in total. The largest absolute Gasteiger partial charge is 0.315 e. The summed E-state index contributed by atoms with van der Waals surface area (Å²) in [5.41, 5.74) is 1.42. The predicted molar refractivity (Wildman–Crippen MR) is 87.1 cm³/mol. The first-order valence-corrected chi connectivity index (χ1v) is 8.17. The number of nitrogens with one attached hydrogen (secondary N) is 1. The van der Waals surface area contributed by atoms with Gasteiger partial charge in [-0.05, 0) is 58.1 Å². The van der Waals surface area contributed by atoms with Gasteiger partial charge in [0, 0.05) is 11.6 Å². The first kappa shape index (κ1) is 16.4. The van der Waals surface area contributed by atoms with Crippen molar-refractivity contribution >= 4 is 0 Å². The first-order valence-electron chi connectivity index (χ1n) is 8.17. The van der Waals surface area contributed by atoms with Crippen LogP contribution in [0.1, 0.15) is 44.1 Å². The Morgan fingerprint density at radius 3 is 2.14 bits per heavy atom. The van der Waals surface area contributed by atoms with Gasteiger partial charge in [0.2, 0.25) is 0 Å². The van der Waals surface area contributed by atoms with E-state index in [2.05, 4.69) is 31.4 Å². The molecule has 2 rings (SSSR count). The molecule has 3 heteroatoms. The van der Waals surface area contributed by atoms with Crippen LogP contribution in [0, 0.1) is 5.82 Å². The van der Waals surface area contributed by atoms with Gasteiger partial charge in [0.05, 0.1) is 0 Å². The molecule has 0 heterocycles. The minimum atomic E-state index is -0.156. The summed E-state index contributed by atoms with van der Waals surface area (Å²) in [6.07, 6.45) is 8.75. The van der Waals surface area contributed by atoms with E-state index in [1.807, 2.05) is 12.1 Å². The monoisotopic (exact) mass is 292 g/mol. The van der Waals surface area contributed by atoms with Gasteiger partial charge in [0.25, 0.3) is 0 Å². The summed E-state index contributed by atoms with van der Waals surface area (Å²) in [5, 5.41) is 3.55. The number of benzene rings is 1. The molecular weight excluding hydrogens is 263 g/mol. The molecule has 1 atom stereocenters. The van der Waals surface area contributed by atoms with Crippen LogP contribution in [0.2, 0.25) is 0 Å². The summed E-state index contributed by atoms with van der Waals surface area (Å²) in [6.45, 7) is 0. The zero-order valence-electron chi connectivity index (χ0n) is 13.7. The van der Waals surface area contributed by atoms with Gasteiger partial charge in [-0.3, -0.25) is 0 Å². The number of likely N-dealkylation sites (N-methyl/N-ethyl adjacent to an activating group) is 2. The van der Waals surface area contributed by atoms with Crippen molar-refractivity contribution in [3.63, 3.8) is 0 Å². The summed E-state index contributed by atoms with van der Waals surface area (Å²) in [6, 6.07) is 7.37. The topological polar surface area (TPSA) is 15.3 Å². The van der Waals surface area contributed by atoms with Crippen molar-refractivity contribution in [2.75, 3.05) is 21.1 Å². The first-order chi connectivity index (χ1) is 10.1. The normalized spacial score (nSPS) is 20.2. The van der Waals surface area contributed by atoms with Crippen molar-refractivity contribution in [1.82, 2.24) is 10.2 Å². The minimum absolute atomic E-state index is 0.156. The van der Waals surface area contributed by atoms with Crippen LogP contribution in [0.3, 0.4) is 0 Å². The lowest BCUT2D eigenvalue weighted by Gasteiger charge is -2.46. The zero-order valence-corrected chi connectivity index (χ0v) is 13.7. The Balaban J connectivity index is 2.20. The van der Waals surface area contributed by atoms with E-state index < -0.39 is 0 Å². The molecule has 1 saturated carbocycles. The average Bonchev–Trinajstić information content (AvgIpc) is 2.73. The summed E-state index contributed by atoms with van der Waals surface area (Å²) in [5.74, 6) is -0.156. The Labute approximate surface area is 128 Å². The highest BCUT2D eigenvalue weighted by Crippen LogP contribution is 2.35. The van der Waals surface area contributed by atoms with E-state index in [9.17, 15) is 4.39 Å². The molecule has 0 saturated heterocycles. The van der Waals surface area contributed by atoms with Gasteiger partial charge in [0.1, 0.15) is 5.82 Å². The van der Waals surface area contributed by atoms with Gasteiger partial charge < -0.3 is 10.2 Å². The summed E-state index contributed by atoms with van der Waals surface area (Å²) < 4.78 is 13.1. The van der Waals surface area contributed by atoms with E-state index in [0.717, 1.165) is 6.42 Å². The fourth-order valence-corrected chi connectivity index (χ4v) is 3.87. The van der Waals surface area contributed by atoms with Crippen molar-refractivity contribution < 1.29 is 4.39 Å². The Hall–Kier alpha value is -0.930. The lowest BCUT2D eigenvalue weighted by atomic mass is 9.78. The molecule has 0 spiro atoms. The van der Waals surface area contributed by atoms with Crippen molar-refractivity contribution in [3.05, 3.63) is 35.6 Å². The molecule has 1 aliphatic carbocycles. The van der Waals surface area contributed by atoms with E-state index in [1.165, 1.54) is 44.1 Å². The van der Waals surface area contributed by atoms with Gasteiger partial charge in [-0.15, -0.1) is 0 Å². The number of hydrogen-bond acceptors (Lipinski definition) is 2. The van der Waals surface area contributed by atoms with Gasteiger partial charge in [-0.25, -0.2) is 4.39 Å². The third-order valence-electron chi connectivity index (χ3n) is 5.21. The number of rotatable bonds is 5. The number of halogens is 1. The van der Waals surface area contributed by atoms with Gasteiger partial charge in [-0.2, -0.15) is 0 Å². The molecule has 1 fully saturated rings. The van der Waals surface area contributed by atoms with Crippen molar-refractivity contribution in [2.45, 2.75) is 56.5 Å². The number of hydrogen-bond donors (Lipinski definition) is 1. The molecule has 118 valence electrons. The lowest BCUT2D eigenvalue weighted by Crippen LogP contribution is -2.59. The highest BCUT2D eigenvalue weighted by Gasteiger charge is 2.40. The SMILES string of the molecule is CNC(Cc1ccc(F)cc1)C1(N(C)C)CCCCCC1. The zero-order chi connectivity index (χ0) is 15.3. The standard InChI is InChI=1S/C18H29FN2/c1-20-17(14-15-8-10-16(19)11-9-15)18(21(2)3)12-6-4-5-7-13-18/h8-11,17,20H,4-7,12-14H2,1-3H3. The van der Waals surface area contributed by atoms with Crippen LogP contribution >= 0.6 is 0 Å². The maximum absolute atomic E-state index is 13.1. The molecule has 1 N–H and O–H groups in total. The van der Waals surface area contributed by atoms with Crippen LogP contribution in [-0.4, -0.2) is 37.6 Å². The summed E-state index contributed by atoms with van der Waals surface area (Å²) >= 11 is 0. The third-order valence-corrected chi connectivity index (χ3v) is 5.21. The fraction of sp³-hybridized carbons (Fsp3) is 0.667. The Bertz CT molecular complexity index is 419. The van der Waals surface area contributed by atoms with Crippen LogP contribution in [0.25, 0.3) is 0 Å². The maximum atomic E-state index is 13.1. The highest BCUT2D eigenvalue weighted by molar-refractivity contribution is 5.19. The molecule has 0 amide bonds. The van der Waals surface area contributed by atoms with Gasteiger partial charge >= 0.3 is 0 Å². The quantitative estimate of drug-likeness (QED) is 0.834. The molecular formula is C18H29FN2. The van der Waals surface area contributed by atoms with E-state index in [1.54, 1.807) is 12.1 Å². The van der Waals surface area contributed by atoms with Crippen LogP contribution in [0.5, 0.6) is 0 Å². The van der Waals surface area contributed by atoms with Crippen LogP contribution in [-0.2, 0) is 6.42 Å². The highest BCUT2D eigenvalue weighted by atomic mass is 19.1. The summed E-state index contributed by atoms with van der Waals surface area (Å²) in [4.78, 5) is 2.42. The van der Waals surface area contributed by atoms with E-state index in [4.69, 9.17) is 0 Å². The minimum Gasteiger partial charge on any atom is -0.315 e. The van der Waals surface area contributed by atoms with Crippen LogP contribution in [0.4, 0.5) is 4.39 Å². The second-order valence-corrected chi connectivity index (χ2v) is 6.58. The Morgan fingerprint density at radius 1 is 1.10 bits per heavy atom. The van der Waals surface area contributed by atoms with Gasteiger partial charge in [0.15, 0.2) is 0 Å². The van der Waals surface area contributed by atoms with Crippen molar-refractivity contribution in [1.29, 1.82) is 0 Å². The van der Waals surface area contributed by atoms with E-state index in [0.29, 0.717) is 6.04 Å². The maximum Gasteiger partial charge on any atom is 0.123 e. The second kappa shape index (κ2) is 7.37. The lowest BCUT2D eigenvalue weighted by molar-refractivity contribution is 0.0835. The van der Waals surface area contributed by atoms with Crippen molar-refractivity contribution in [2.24, 2.45) is 0 Å². The van der Waals surface area contributed by atoms with Crippen molar-refractivity contribution in [3.8, 4) is 0 Å². The van der Waals surface area contributed by atoms with E-state index >= 15 is 0 Å². The molecule has 0 aromatic heterocycles. The molecule has 1 unspecified atom stereocenters. The average molecular weight is 292 g/mol. The molecule has 1 aromatic carbocycles. The summed E-state index contributed by atoms with van der Waals surface area (Å²) in [7, 11) is 6.48. The molecule has 21 heavy (non-hydrogen) atoms. The second-order valence-electron chi connectivity index (χ2n) is 6.58. The number of nitrogens with zero attached hydrogens (tertiary/aromatic N) is 1. The molecule has 1 aliphatic rings. The van der Waals surface area contributed by atoms with Gasteiger partial charge in [-0.1, -0.05) is 37.8 Å². The molecule has 0 bridgehead atoms. The Kier molecular flexibility index (Phi) is 5.77. The van der Waals surface area contributed by atoms with Crippen LogP contribution < -0.4 is 5.32 Å².